The molecule has 0 saturated heterocycles. The van der Waals surface area contributed by atoms with E-state index in [9.17, 15) is 5.26 Å². The highest BCUT2D eigenvalue weighted by atomic mass is 79.9. The number of hydrogen-bond donors (Lipinski definition) is 0. The molecule has 0 aliphatic carbocycles. The summed E-state index contributed by atoms with van der Waals surface area (Å²) in [6.07, 6.45) is 3.11. The van der Waals surface area contributed by atoms with Gasteiger partial charge in [-0.15, -0.1) is 0 Å². The molecule has 3 heteroatoms. The standard InChI is InChI=1S/C22H23BrN2/c1-15-13-22(2,3)25(4)21-10-5-16(12-20(15)21)11-18(14-24)17-6-8-19(23)9-7-17/h5-12,15H,13H2,1-4H3/b18-11-. The molecule has 25 heavy (non-hydrogen) atoms. The van der Waals surface area contributed by atoms with Crippen molar-refractivity contribution in [1.82, 2.24) is 0 Å². The fraction of sp³-hybridized carbons (Fsp3) is 0.318. The van der Waals surface area contributed by atoms with Crippen LogP contribution in [0.25, 0.3) is 11.6 Å². The maximum atomic E-state index is 9.57. The van der Waals surface area contributed by atoms with Gasteiger partial charge in [-0.1, -0.05) is 41.1 Å². The van der Waals surface area contributed by atoms with Gasteiger partial charge in [-0.25, -0.2) is 0 Å². The van der Waals surface area contributed by atoms with Gasteiger partial charge >= 0.3 is 0 Å². The zero-order valence-corrected chi connectivity index (χ0v) is 16.8. The molecular weight excluding hydrogens is 372 g/mol. The summed E-state index contributed by atoms with van der Waals surface area (Å²) < 4.78 is 1.02. The van der Waals surface area contributed by atoms with Crippen molar-refractivity contribution in [2.24, 2.45) is 0 Å². The minimum Gasteiger partial charge on any atom is -0.369 e. The monoisotopic (exact) mass is 394 g/mol. The third-order valence-corrected chi connectivity index (χ3v) is 5.77. The van der Waals surface area contributed by atoms with E-state index in [2.05, 4.69) is 72.9 Å². The lowest BCUT2D eigenvalue weighted by Gasteiger charge is -2.45. The summed E-state index contributed by atoms with van der Waals surface area (Å²) in [5, 5.41) is 9.57. The number of hydrogen-bond acceptors (Lipinski definition) is 2. The lowest BCUT2D eigenvalue weighted by Crippen LogP contribution is -2.45. The second-order valence-corrected chi connectivity index (χ2v) is 8.39. The number of rotatable bonds is 2. The van der Waals surface area contributed by atoms with Gasteiger partial charge in [0.1, 0.15) is 0 Å². The van der Waals surface area contributed by atoms with E-state index in [-0.39, 0.29) is 5.54 Å². The Morgan fingerprint density at radius 2 is 1.92 bits per heavy atom. The molecule has 0 fully saturated rings. The number of anilines is 1. The van der Waals surface area contributed by atoms with E-state index in [1.165, 1.54) is 11.3 Å². The van der Waals surface area contributed by atoms with E-state index in [1.54, 1.807) is 0 Å². The third-order valence-electron chi connectivity index (χ3n) is 5.24. The number of halogens is 1. The van der Waals surface area contributed by atoms with Crippen molar-refractivity contribution in [2.75, 3.05) is 11.9 Å². The van der Waals surface area contributed by atoms with Gasteiger partial charge in [0.2, 0.25) is 0 Å². The van der Waals surface area contributed by atoms with Crippen molar-refractivity contribution in [1.29, 1.82) is 5.26 Å². The zero-order chi connectivity index (χ0) is 18.2. The molecule has 2 aromatic rings. The first-order valence-corrected chi connectivity index (χ1v) is 9.36. The molecule has 1 unspecified atom stereocenters. The van der Waals surface area contributed by atoms with Gasteiger partial charge in [0.25, 0.3) is 0 Å². The molecule has 1 heterocycles. The number of nitrogens with zero attached hydrogens (tertiary/aromatic N) is 2. The summed E-state index contributed by atoms with van der Waals surface area (Å²) in [6.45, 7) is 6.88. The Morgan fingerprint density at radius 1 is 1.24 bits per heavy atom. The summed E-state index contributed by atoms with van der Waals surface area (Å²) in [5.74, 6) is 0.507. The van der Waals surface area contributed by atoms with Crippen LogP contribution >= 0.6 is 15.9 Å². The van der Waals surface area contributed by atoms with Crippen molar-refractivity contribution in [3.05, 3.63) is 63.6 Å². The molecule has 0 saturated carbocycles. The fourth-order valence-electron chi connectivity index (χ4n) is 3.66. The Kier molecular flexibility index (Phi) is 4.75. The van der Waals surface area contributed by atoms with Crippen LogP contribution in [-0.2, 0) is 0 Å². The minimum atomic E-state index is 0.166. The SMILES string of the molecule is CC1CC(C)(C)N(C)c2ccc(/C=C(/C#N)c3ccc(Br)cc3)cc21. The largest absolute Gasteiger partial charge is 0.369 e. The van der Waals surface area contributed by atoms with Gasteiger partial charge in [0.05, 0.1) is 11.6 Å². The van der Waals surface area contributed by atoms with Crippen molar-refractivity contribution in [2.45, 2.75) is 38.6 Å². The predicted molar refractivity (Wildman–Crippen MR) is 110 cm³/mol. The summed E-state index contributed by atoms with van der Waals surface area (Å²) in [5.41, 5.74) is 5.53. The van der Waals surface area contributed by atoms with Gasteiger partial charge in [-0.3, -0.25) is 0 Å². The average molecular weight is 395 g/mol. The molecule has 2 aromatic carbocycles. The Bertz CT molecular complexity index is 857. The first-order valence-electron chi connectivity index (χ1n) is 8.57. The van der Waals surface area contributed by atoms with Crippen LogP contribution in [0.1, 0.15) is 49.8 Å². The van der Waals surface area contributed by atoms with E-state index in [0.29, 0.717) is 11.5 Å². The van der Waals surface area contributed by atoms with E-state index >= 15 is 0 Å². The highest BCUT2D eigenvalue weighted by Gasteiger charge is 2.33. The zero-order valence-electron chi connectivity index (χ0n) is 15.2. The molecule has 0 radical (unpaired) electrons. The van der Waals surface area contributed by atoms with Crippen molar-refractivity contribution in [3.63, 3.8) is 0 Å². The second kappa shape index (κ2) is 6.69. The Labute approximate surface area is 158 Å². The van der Waals surface area contributed by atoms with Crippen LogP contribution in [-0.4, -0.2) is 12.6 Å². The minimum absolute atomic E-state index is 0.166. The molecule has 0 spiro atoms. The molecule has 0 bridgehead atoms. The van der Waals surface area contributed by atoms with E-state index < -0.39 is 0 Å². The highest BCUT2D eigenvalue weighted by Crippen LogP contribution is 2.42. The van der Waals surface area contributed by atoms with Crippen LogP contribution in [0.15, 0.2) is 46.9 Å². The summed E-state index contributed by atoms with van der Waals surface area (Å²) >= 11 is 3.44. The molecule has 2 nitrogen and oxygen atoms in total. The Hall–Kier alpha value is -2.05. The fourth-order valence-corrected chi connectivity index (χ4v) is 3.93. The molecule has 1 aliphatic heterocycles. The lowest BCUT2D eigenvalue weighted by molar-refractivity contribution is 0.395. The second-order valence-electron chi connectivity index (χ2n) is 7.47. The number of fused-ring (bicyclic) bond motifs is 1. The maximum Gasteiger partial charge on any atom is 0.0998 e. The van der Waals surface area contributed by atoms with Gasteiger partial charge in [0.15, 0.2) is 0 Å². The van der Waals surface area contributed by atoms with Crippen molar-refractivity contribution < 1.29 is 0 Å². The van der Waals surface area contributed by atoms with Crippen LogP contribution in [0.3, 0.4) is 0 Å². The summed E-state index contributed by atoms with van der Waals surface area (Å²) in [4.78, 5) is 2.37. The van der Waals surface area contributed by atoms with E-state index in [0.717, 1.165) is 22.0 Å². The molecule has 128 valence electrons. The molecule has 0 N–H and O–H groups in total. The topological polar surface area (TPSA) is 27.0 Å². The quantitative estimate of drug-likeness (QED) is 0.445. The summed E-state index contributed by atoms with van der Waals surface area (Å²) in [7, 11) is 2.17. The number of nitriles is 1. The maximum absolute atomic E-state index is 9.57. The molecule has 1 atom stereocenters. The number of allylic oxidation sites excluding steroid dienone is 1. The van der Waals surface area contributed by atoms with E-state index in [1.807, 2.05) is 30.3 Å². The predicted octanol–water partition coefficient (Wildman–Crippen LogP) is 6.24. The van der Waals surface area contributed by atoms with Gasteiger partial charge in [0, 0.05) is 22.7 Å². The first-order chi connectivity index (χ1) is 11.8. The van der Waals surface area contributed by atoms with E-state index in [4.69, 9.17) is 0 Å². The highest BCUT2D eigenvalue weighted by molar-refractivity contribution is 9.10. The Morgan fingerprint density at radius 3 is 2.56 bits per heavy atom. The van der Waals surface area contributed by atoms with Gasteiger partial charge in [-0.05, 0) is 73.2 Å². The van der Waals surface area contributed by atoms with Crippen molar-refractivity contribution in [3.8, 4) is 6.07 Å². The first kappa shape index (κ1) is 17.8. The third kappa shape index (κ3) is 3.50. The van der Waals surface area contributed by atoms with Crippen LogP contribution in [0.4, 0.5) is 5.69 Å². The van der Waals surface area contributed by atoms with Crippen molar-refractivity contribution >= 4 is 33.3 Å². The molecule has 0 amide bonds. The normalized spacial score (nSPS) is 19.3. The number of benzene rings is 2. The molecule has 1 aliphatic rings. The van der Waals surface area contributed by atoms with Crippen LogP contribution in [0.5, 0.6) is 0 Å². The average Bonchev–Trinajstić information content (AvgIpc) is 2.58. The molecular formula is C22H23BrN2. The van der Waals surface area contributed by atoms with Crippen LogP contribution < -0.4 is 4.90 Å². The summed E-state index contributed by atoms with van der Waals surface area (Å²) in [6, 6.07) is 16.7. The smallest absolute Gasteiger partial charge is 0.0998 e. The van der Waals surface area contributed by atoms with Gasteiger partial charge in [-0.2, -0.15) is 5.26 Å². The van der Waals surface area contributed by atoms with Crippen LogP contribution in [0, 0.1) is 11.3 Å². The Balaban J connectivity index is 2.01. The molecule has 3 rings (SSSR count). The van der Waals surface area contributed by atoms with Crippen LogP contribution in [0.2, 0.25) is 0 Å². The van der Waals surface area contributed by atoms with Gasteiger partial charge < -0.3 is 4.90 Å². The lowest BCUT2D eigenvalue weighted by atomic mass is 9.80. The molecule has 0 aromatic heterocycles.